The molecule has 3 rings (SSSR count). The number of nitrogens with zero attached hydrogens (tertiary/aromatic N) is 3. The largest absolute Gasteiger partial charge is 0.444 e. The second-order valence-corrected chi connectivity index (χ2v) is 6.66. The van der Waals surface area contributed by atoms with Crippen molar-refractivity contribution in [3.8, 4) is 11.5 Å². The average Bonchev–Trinajstić information content (AvgIpc) is 3.25. The Kier molecular flexibility index (Phi) is 8.65. The van der Waals surface area contributed by atoms with Gasteiger partial charge in [0.25, 0.3) is 0 Å². The molecule has 0 saturated carbocycles. The maximum absolute atomic E-state index is 6.11. The summed E-state index contributed by atoms with van der Waals surface area (Å²) >= 11 is 12.2. The summed E-state index contributed by atoms with van der Waals surface area (Å²) in [5.41, 5.74) is 2.66. The molecule has 0 fully saturated rings. The first-order valence-electron chi connectivity index (χ1n) is 8.60. The lowest BCUT2D eigenvalue weighted by Crippen LogP contribution is -2.37. The van der Waals surface area contributed by atoms with Gasteiger partial charge in [-0.15, -0.1) is 24.0 Å². The Morgan fingerprint density at radius 3 is 2.61 bits per heavy atom. The monoisotopic (exact) mass is 533 g/mol. The summed E-state index contributed by atoms with van der Waals surface area (Å²) in [7, 11) is 1.87. The first-order valence-corrected chi connectivity index (χ1v) is 9.35. The van der Waals surface area contributed by atoms with Crippen molar-refractivity contribution >= 4 is 53.1 Å². The molecule has 0 atom stereocenters. The van der Waals surface area contributed by atoms with Crippen LogP contribution in [-0.2, 0) is 20.1 Å². The Morgan fingerprint density at radius 2 is 1.96 bits per heavy atom. The average molecular weight is 534 g/mol. The molecule has 3 aromatic rings. The molecule has 28 heavy (non-hydrogen) atoms. The molecular formula is C19H22Cl2IN5O. The number of hydrogen-bond donors (Lipinski definition) is 2. The Hall–Kier alpha value is -1.71. The number of aromatic nitrogens is 2. The molecule has 2 heterocycles. The zero-order chi connectivity index (χ0) is 19.2. The van der Waals surface area contributed by atoms with E-state index in [0.29, 0.717) is 35.1 Å². The second kappa shape index (κ2) is 10.7. The van der Waals surface area contributed by atoms with Crippen molar-refractivity contribution in [2.24, 2.45) is 12.0 Å². The summed E-state index contributed by atoms with van der Waals surface area (Å²) in [6.07, 6.45) is 1.63. The SMILES string of the molecule is CCNC(=NCc1coc(-c2ccccc2)n1)NCc1cc(Cl)c(Cl)n1C.I. The quantitative estimate of drug-likeness (QED) is 0.270. The van der Waals surface area contributed by atoms with Gasteiger partial charge < -0.3 is 19.6 Å². The fourth-order valence-electron chi connectivity index (χ4n) is 2.53. The van der Waals surface area contributed by atoms with E-state index in [0.717, 1.165) is 23.5 Å². The van der Waals surface area contributed by atoms with Crippen LogP contribution in [-0.4, -0.2) is 22.1 Å². The molecule has 0 aliphatic heterocycles. The maximum atomic E-state index is 6.11. The predicted octanol–water partition coefficient (Wildman–Crippen LogP) is 4.86. The first-order chi connectivity index (χ1) is 13.1. The van der Waals surface area contributed by atoms with Crippen LogP contribution >= 0.6 is 47.2 Å². The van der Waals surface area contributed by atoms with E-state index in [1.807, 2.05) is 54.9 Å². The van der Waals surface area contributed by atoms with Crippen LogP contribution in [0.1, 0.15) is 18.3 Å². The van der Waals surface area contributed by atoms with Gasteiger partial charge in [-0.1, -0.05) is 41.4 Å². The molecule has 0 saturated heterocycles. The number of guanidine groups is 1. The fourth-order valence-corrected chi connectivity index (χ4v) is 2.94. The van der Waals surface area contributed by atoms with Gasteiger partial charge in [-0.3, -0.25) is 0 Å². The number of hydrogen-bond acceptors (Lipinski definition) is 3. The number of benzene rings is 1. The third-order valence-corrected chi connectivity index (χ3v) is 4.81. The van der Waals surface area contributed by atoms with Crippen molar-refractivity contribution in [1.29, 1.82) is 0 Å². The van der Waals surface area contributed by atoms with Crippen LogP contribution in [0.5, 0.6) is 0 Å². The van der Waals surface area contributed by atoms with Crippen LogP contribution in [0.4, 0.5) is 0 Å². The van der Waals surface area contributed by atoms with Crippen LogP contribution < -0.4 is 10.6 Å². The van der Waals surface area contributed by atoms with E-state index in [4.69, 9.17) is 27.6 Å². The third-order valence-electron chi connectivity index (χ3n) is 3.97. The summed E-state index contributed by atoms with van der Waals surface area (Å²) in [6.45, 7) is 3.70. The number of aliphatic imine (C=N–C) groups is 1. The number of rotatable bonds is 6. The lowest BCUT2D eigenvalue weighted by Gasteiger charge is -2.11. The van der Waals surface area contributed by atoms with Gasteiger partial charge in [0.15, 0.2) is 5.96 Å². The Morgan fingerprint density at radius 1 is 1.21 bits per heavy atom. The minimum absolute atomic E-state index is 0. The van der Waals surface area contributed by atoms with Crippen molar-refractivity contribution in [3.05, 3.63) is 64.2 Å². The summed E-state index contributed by atoms with van der Waals surface area (Å²) in [5.74, 6) is 1.27. The first kappa shape index (κ1) is 22.6. The zero-order valence-corrected chi connectivity index (χ0v) is 19.4. The van der Waals surface area contributed by atoms with Gasteiger partial charge in [0.1, 0.15) is 17.1 Å². The van der Waals surface area contributed by atoms with Crippen LogP contribution in [0.2, 0.25) is 10.2 Å². The Bertz CT molecular complexity index is 924. The van der Waals surface area contributed by atoms with Gasteiger partial charge in [0.2, 0.25) is 5.89 Å². The zero-order valence-electron chi connectivity index (χ0n) is 15.6. The Labute approximate surface area is 191 Å². The van der Waals surface area contributed by atoms with Gasteiger partial charge in [-0.05, 0) is 25.1 Å². The van der Waals surface area contributed by atoms with E-state index < -0.39 is 0 Å². The smallest absolute Gasteiger partial charge is 0.226 e. The molecule has 0 radical (unpaired) electrons. The summed E-state index contributed by atoms with van der Waals surface area (Å²) < 4.78 is 7.39. The van der Waals surface area contributed by atoms with Crippen molar-refractivity contribution < 1.29 is 4.42 Å². The molecule has 0 aliphatic carbocycles. The van der Waals surface area contributed by atoms with Crippen molar-refractivity contribution in [1.82, 2.24) is 20.2 Å². The molecule has 2 N–H and O–H groups in total. The normalized spacial score (nSPS) is 11.2. The van der Waals surface area contributed by atoms with E-state index in [9.17, 15) is 0 Å². The summed E-state index contributed by atoms with van der Waals surface area (Å²) in [6, 6.07) is 11.6. The van der Waals surface area contributed by atoms with Gasteiger partial charge in [0.05, 0.1) is 18.1 Å². The maximum Gasteiger partial charge on any atom is 0.226 e. The van der Waals surface area contributed by atoms with Crippen LogP contribution in [0.25, 0.3) is 11.5 Å². The van der Waals surface area contributed by atoms with Crippen LogP contribution in [0, 0.1) is 0 Å². The highest BCUT2D eigenvalue weighted by Crippen LogP contribution is 2.25. The molecule has 9 heteroatoms. The van der Waals surface area contributed by atoms with Gasteiger partial charge >= 0.3 is 0 Å². The minimum atomic E-state index is 0. The van der Waals surface area contributed by atoms with E-state index in [1.165, 1.54) is 0 Å². The summed E-state index contributed by atoms with van der Waals surface area (Å²) in [4.78, 5) is 9.05. The van der Waals surface area contributed by atoms with E-state index >= 15 is 0 Å². The standard InChI is InChI=1S/C19H21Cl2N5O.HI/c1-3-22-19(24-11-15-9-16(20)17(21)26(15)2)23-10-14-12-27-18(25-14)13-7-5-4-6-8-13;/h4-9,12H,3,10-11H2,1-2H3,(H2,22,23,24);1H. The fraction of sp³-hybridized carbons (Fsp3) is 0.263. The highest BCUT2D eigenvalue weighted by atomic mass is 127. The molecule has 2 aromatic heterocycles. The highest BCUT2D eigenvalue weighted by Gasteiger charge is 2.10. The van der Waals surface area contributed by atoms with Gasteiger partial charge in [-0.25, -0.2) is 9.98 Å². The van der Waals surface area contributed by atoms with Crippen molar-refractivity contribution in [2.75, 3.05) is 6.54 Å². The second-order valence-electron chi connectivity index (χ2n) is 5.89. The molecular weight excluding hydrogens is 512 g/mol. The van der Waals surface area contributed by atoms with E-state index in [1.54, 1.807) is 6.26 Å². The number of oxazole rings is 1. The van der Waals surface area contributed by atoms with Crippen molar-refractivity contribution in [3.63, 3.8) is 0 Å². The number of halogens is 3. The van der Waals surface area contributed by atoms with Crippen LogP contribution in [0.3, 0.4) is 0 Å². The predicted molar refractivity (Wildman–Crippen MR) is 124 cm³/mol. The molecule has 0 spiro atoms. The van der Waals surface area contributed by atoms with Crippen LogP contribution in [0.15, 0.2) is 52.1 Å². The molecule has 150 valence electrons. The summed E-state index contributed by atoms with van der Waals surface area (Å²) in [5, 5.41) is 7.53. The Balaban J connectivity index is 0.00000280. The third kappa shape index (κ3) is 5.65. The molecule has 6 nitrogen and oxygen atoms in total. The van der Waals surface area contributed by atoms with E-state index in [2.05, 4.69) is 20.6 Å². The van der Waals surface area contributed by atoms with Crippen molar-refractivity contribution in [2.45, 2.75) is 20.0 Å². The minimum Gasteiger partial charge on any atom is -0.444 e. The molecule has 0 bridgehead atoms. The lowest BCUT2D eigenvalue weighted by molar-refractivity contribution is 0.572. The lowest BCUT2D eigenvalue weighted by atomic mass is 10.2. The van der Waals surface area contributed by atoms with Gasteiger partial charge in [-0.2, -0.15) is 0 Å². The highest BCUT2D eigenvalue weighted by molar-refractivity contribution is 14.0. The molecule has 0 aliphatic rings. The van der Waals surface area contributed by atoms with Gasteiger partial charge in [0, 0.05) is 24.8 Å². The molecule has 0 amide bonds. The molecule has 0 unspecified atom stereocenters. The number of nitrogens with one attached hydrogen (secondary N) is 2. The van der Waals surface area contributed by atoms with E-state index in [-0.39, 0.29) is 24.0 Å². The topological polar surface area (TPSA) is 67.4 Å². The molecule has 1 aromatic carbocycles.